The molecule has 1 saturated heterocycles. The van der Waals surface area contributed by atoms with Gasteiger partial charge in [0, 0.05) is 0 Å². The Morgan fingerprint density at radius 2 is 1.55 bits per heavy atom. The van der Waals surface area contributed by atoms with E-state index in [1.165, 1.54) is 0 Å². The van der Waals surface area contributed by atoms with Gasteiger partial charge in [-0.2, -0.15) is 4.31 Å². The van der Waals surface area contributed by atoms with Crippen LogP contribution in [-0.4, -0.2) is 26.8 Å². The molecule has 1 aliphatic rings. The van der Waals surface area contributed by atoms with Crippen LogP contribution in [0.4, 0.5) is 0 Å². The molecule has 1 fully saturated rings. The monoisotopic (exact) mass is 419 g/mol. The quantitative estimate of drug-likeness (QED) is 0.335. The minimum atomic E-state index is -3.62. The second-order valence-electron chi connectivity index (χ2n) is 8.63. The van der Waals surface area contributed by atoms with Gasteiger partial charge in [0.25, 0.3) is 0 Å². The normalized spacial score (nSPS) is 21.4. The second-order valence-corrected chi connectivity index (χ2v) is 15.2. The van der Waals surface area contributed by atoms with Crippen molar-refractivity contribution in [1.82, 2.24) is 4.31 Å². The molecule has 0 radical (unpaired) electrons. The number of hydrogen-bond donors (Lipinski definition) is 0. The smallest absolute Gasteiger partial charge is 0.207 e. The second kappa shape index (κ2) is 7.14. The van der Waals surface area contributed by atoms with Gasteiger partial charge in [0.05, 0.1) is 10.9 Å². The van der Waals surface area contributed by atoms with E-state index in [2.05, 4.69) is 49.3 Å². The summed E-state index contributed by atoms with van der Waals surface area (Å²) < 4.78 is 28.4. The number of aryl methyl sites for hydroxylation is 1. The van der Waals surface area contributed by atoms with Gasteiger partial charge in [0.15, 0.2) is 0 Å². The molecule has 4 rings (SSSR count). The molecule has 3 atom stereocenters. The van der Waals surface area contributed by atoms with Gasteiger partial charge in [0.1, 0.15) is 14.1 Å². The molecule has 0 aliphatic carbocycles. The molecule has 1 unspecified atom stereocenters. The Kier molecular flexibility index (Phi) is 4.90. The molecular weight excluding hydrogens is 394 g/mol. The highest BCUT2D eigenvalue weighted by molar-refractivity contribution is 7.89. The lowest BCUT2D eigenvalue weighted by Gasteiger charge is -2.08. The van der Waals surface area contributed by atoms with Crippen LogP contribution in [0.3, 0.4) is 0 Å². The Hall–Kier alpha value is -2.39. The fourth-order valence-corrected chi connectivity index (χ4v) is 5.84. The van der Waals surface area contributed by atoms with Crippen LogP contribution in [0.1, 0.15) is 17.2 Å². The molecule has 29 heavy (non-hydrogen) atoms. The number of fused-ring (bicyclic) bond motifs is 1. The Balaban J connectivity index is 1.82. The van der Waals surface area contributed by atoms with Gasteiger partial charge in [-0.1, -0.05) is 85.7 Å². The summed E-state index contributed by atoms with van der Waals surface area (Å²) in [6, 6.07) is 20.7. The van der Waals surface area contributed by atoms with Crippen LogP contribution in [0, 0.1) is 18.4 Å². The maximum Gasteiger partial charge on any atom is 0.244 e. The largest absolute Gasteiger partial charge is 0.244 e. The van der Waals surface area contributed by atoms with E-state index in [1.54, 1.807) is 16.4 Å². The number of sulfonamides is 1. The van der Waals surface area contributed by atoms with Crippen LogP contribution < -0.4 is 0 Å². The van der Waals surface area contributed by atoms with Crippen LogP contribution in [0.25, 0.3) is 10.8 Å². The molecular formula is C24H25NO2SSi. The highest BCUT2D eigenvalue weighted by Gasteiger charge is 2.56. The van der Waals surface area contributed by atoms with Gasteiger partial charge in [-0.15, -0.1) is 5.54 Å². The molecule has 0 amide bonds. The van der Waals surface area contributed by atoms with Gasteiger partial charge in [-0.3, -0.25) is 0 Å². The third-order valence-corrected chi connectivity index (χ3v) is 7.86. The van der Waals surface area contributed by atoms with Gasteiger partial charge in [0.2, 0.25) is 10.0 Å². The number of benzene rings is 3. The van der Waals surface area contributed by atoms with Crippen molar-refractivity contribution in [1.29, 1.82) is 0 Å². The van der Waals surface area contributed by atoms with Gasteiger partial charge in [-0.25, -0.2) is 8.42 Å². The van der Waals surface area contributed by atoms with E-state index in [1.807, 2.05) is 43.3 Å². The zero-order chi connectivity index (χ0) is 20.8. The number of nitrogens with zero attached hydrogens (tertiary/aromatic N) is 1. The van der Waals surface area contributed by atoms with Crippen molar-refractivity contribution in [2.75, 3.05) is 0 Å². The Bertz CT molecular complexity index is 1230. The summed E-state index contributed by atoms with van der Waals surface area (Å²) in [5, 5.41) is 2.20. The van der Waals surface area contributed by atoms with Gasteiger partial charge >= 0.3 is 0 Å². The molecule has 1 heterocycles. The zero-order valence-electron chi connectivity index (χ0n) is 17.2. The molecule has 0 saturated carbocycles. The first-order valence-electron chi connectivity index (χ1n) is 9.79. The minimum absolute atomic E-state index is 0.253. The summed E-state index contributed by atoms with van der Waals surface area (Å²) in [6.07, 6.45) is 0. The molecule has 5 heteroatoms. The highest BCUT2D eigenvalue weighted by Crippen LogP contribution is 2.49. The van der Waals surface area contributed by atoms with E-state index in [9.17, 15) is 8.42 Å². The molecule has 148 valence electrons. The minimum Gasteiger partial charge on any atom is -0.207 e. The van der Waals surface area contributed by atoms with Gasteiger partial charge in [-0.05, 0) is 35.4 Å². The summed E-state index contributed by atoms with van der Waals surface area (Å²) >= 11 is 0. The Morgan fingerprint density at radius 1 is 0.897 bits per heavy atom. The molecule has 3 nitrogen and oxygen atoms in total. The fourth-order valence-electron chi connectivity index (χ4n) is 3.59. The van der Waals surface area contributed by atoms with Crippen LogP contribution in [-0.2, 0) is 10.0 Å². The SMILES string of the molecule is Cc1ccc(S(=O)(=O)N2[C@@H](C#C[Si](C)(C)C)[C@@H]2c2cccc3ccccc23)cc1. The van der Waals surface area contributed by atoms with E-state index in [-0.39, 0.29) is 12.1 Å². The third kappa shape index (κ3) is 3.88. The lowest BCUT2D eigenvalue weighted by atomic mass is 10.0. The van der Waals surface area contributed by atoms with E-state index < -0.39 is 18.1 Å². The first-order chi connectivity index (χ1) is 13.7. The van der Waals surface area contributed by atoms with Crippen molar-refractivity contribution in [2.24, 2.45) is 0 Å². The summed E-state index contributed by atoms with van der Waals surface area (Å²) in [6.45, 7) is 8.48. The van der Waals surface area contributed by atoms with Crippen molar-refractivity contribution in [3.8, 4) is 11.5 Å². The summed E-state index contributed by atoms with van der Waals surface area (Å²) in [5.74, 6) is 3.31. The number of hydrogen-bond acceptors (Lipinski definition) is 2. The van der Waals surface area contributed by atoms with Crippen molar-refractivity contribution >= 4 is 28.9 Å². The van der Waals surface area contributed by atoms with Crippen molar-refractivity contribution in [3.63, 3.8) is 0 Å². The van der Waals surface area contributed by atoms with Crippen LogP contribution in [0.2, 0.25) is 19.6 Å². The summed E-state index contributed by atoms with van der Waals surface area (Å²) in [7, 11) is -5.24. The molecule has 0 aromatic heterocycles. The zero-order valence-corrected chi connectivity index (χ0v) is 19.0. The van der Waals surface area contributed by atoms with E-state index >= 15 is 0 Å². The van der Waals surface area contributed by atoms with Crippen LogP contribution in [0.5, 0.6) is 0 Å². The van der Waals surface area contributed by atoms with Gasteiger partial charge < -0.3 is 0 Å². The summed E-state index contributed by atoms with van der Waals surface area (Å²) in [4.78, 5) is 0.325. The number of rotatable bonds is 3. The Labute approximate surface area is 174 Å². The predicted molar refractivity (Wildman–Crippen MR) is 122 cm³/mol. The lowest BCUT2D eigenvalue weighted by Crippen LogP contribution is -2.18. The molecule has 1 aliphatic heterocycles. The average Bonchev–Trinajstić information content (AvgIpc) is 3.41. The van der Waals surface area contributed by atoms with Crippen molar-refractivity contribution < 1.29 is 8.42 Å². The fraction of sp³-hybridized carbons (Fsp3) is 0.250. The third-order valence-electron chi connectivity index (χ3n) is 5.09. The Morgan fingerprint density at radius 3 is 2.24 bits per heavy atom. The average molecular weight is 420 g/mol. The lowest BCUT2D eigenvalue weighted by molar-refractivity contribution is 0.551. The maximum absolute atomic E-state index is 13.4. The van der Waals surface area contributed by atoms with Crippen LogP contribution in [0.15, 0.2) is 71.6 Å². The molecule has 3 aromatic carbocycles. The van der Waals surface area contributed by atoms with E-state index in [4.69, 9.17) is 0 Å². The molecule has 0 spiro atoms. The van der Waals surface area contributed by atoms with E-state index in [0.717, 1.165) is 21.9 Å². The summed E-state index contributed by atoms with van der Waals surface area (Å²) in [5.41, 5.74) is 5.44. The maximum atomic E-state index is 13.4. The standard InChI is InChI=1S/C24H25NO2SSi/c1-18-12-14-20(15-13-18)28(26,27)25-23(16-17-29(2,3)4)24(25)22-11-7-9-19-8-5-6-10-21(19)22/h5-15,23-24H,1-4H3/t23-,24-,25?/m0/s1. The molecule has 0 bridgehead atoms. The first-order valence-corrected chi connectivity index (χ1v) is 14.7. The van der Waals surface area contributed by atoms with Crippen molar-refractivity contribution in [3.05, 3.63) is 77.9 Å². The highest BCUT2D eigenvalue weighted by atomic mass is 32.2. The molecule has 0 N–H and O–H groups in total. The molecule has 3 aromatic rings. The topological polar surface area (TPSA) is 37.1 Å². The van der Waals surface area contributed by atoms with Crippen LogP contribution >= 0.6 is 0 Å². The van der Waals surface area contributed by atoms with Crippen molar-refractivity contribution in [2.45, 2.75) is 43.5 Å². The predicted octanol–water partition coefficient (Wildman–Crippen LogP) is 5.14. The first kappa shape index (κ1) is 19.9. The van der Waals surface area contributed by atoms with E-state index in [0.29, 0.717) is 4.90 Å².